The highest BCUT2D eigenvalue weighted by Crippen LogP contribution is 2.17. The van der Waals surface area contributed by atoms with Gasteiger partial charge in [-0.05, 0) is 44.4 Å². The summed E-state index contributed by atoms with van der Waals surface area (Å²) in [6, 6.07) is 4.38. The Labute approximate surface area is 94.0 Å². The first-order valence-electron chi connectivity index (χ1n) is 5.06. The predicted molar refractivity (Wildman–Crippen MR) is 63.2 cm³/mol. The van der Waals surface area contributed by atoms with Gasteiger partial charge in [-0.15, -0.1) is 11.3 Å². The number of nitrogens with zero attached hydrogens (tertiary/aromatic N) is 2. The van der Waals surface area contributed by atoms with Crippen molar-refractivity contribution in [1.82, 2.24) is 9.97 Å². The van der Waals surface area contributed by atoms with Crippen molar-refractivity contribution in [2.75, 3.05) is 0 Å². The standard InChI is InChI=1S/C12H14N2S/c1-9-7-13-8-14-12(9)6-5-11-4-3-10(2)15-11/h3-4,7-8H,5-6H2,1-2H3. The van der Waals surface area contributed by atoms with Crippen LogP contribution in [0, 0.1) is 13.8 Å². The van der Waals surface area contributed by atoms with Gasteiger partial charge in [0.15, 0.2) is 0 Å². The highest BCUT2D eigenvalue weighted by Gasteiger charge is 2.01. The van der Waals surface area contributed by atoms with Gasteiger partial charge in [0, 0.05) is 21.6 Å². The molecule has 0 fully saturated rings. The summed E-state index contributed by atoms with van der Waals surface area (Å²) in [6.45, 7) is 4.21. The van der Waals surface area contributed by atoms with Gasteiger partial charge in [-0.25, -0.2) is 9.97 Å². The maximum Gasteiger partial charge on any atom is 0.115 e. The lowest BCUT2D eigenvalue weighted by Gasteiger charge is -2.01. The summed E-state index contributed by atoms with van der Waals surface area (Å²) < 4.78 is 0. The molecule has 0 atom stereocenters. The van der Waals surface area contributed by atoms with E-state index < -0.39 is 0 Å². The Bertz CT molecular complexity index is 448. The Hall–Kier alpha value is -1.22. The van der Waals surface area contributed by atoms with E-state index in [2.05, 4.69) is 35.9 Å². The van der Waals surface area contributed by atoms with Gasteiger partial charge >= 0.3 is 0 Å². The number of aryl methyl sites for hydroxylation is 4. The molecule has 0 unspecified atom stereocenters. The number of hydrogen-bond acceptors (Lipinski definition) is 3. The maximum absolute atomic E-state index is 4.29. The summed E-state index contributed by atoms with van der Waals surface area (Å²) in [5.41, 5.74) is 2.35. The zero-order chi connectivity index (χ0) is 10.7. The van der Waals surface area contributed by atoms with Crippen LogP contribution in [0.1, 0.15) is 21.0 Å². The first kappa shape index (κ1) is 10.3. The van der Waals surface area contributed by atoms with E-state index in [0.717, 1.165) is 18.5 Å². The molecule has 0 aromatic carbocycles. The summed E-state index contributed by atoms with van der Waals surface area (Å²) in [5, 5.41) is 0. The average molecular weight is 218 g/mol. The summed E-state index contributed by atoms with van der Waals surface area (Å²) in [5.74, 6) is 0. The Kier molecular flexibility index (Phi) is 3.11. The molecule has 0 saturated heterocycles. The molecule has 0 amide bonds. The normalized spacial score (nSPS) is 10.5. The van der Waals surface area contributed by atoms with Gasteiger partial charge in [0.05, 0.1) is 0 Å². The minimum absolute atomic E-state index is 1.01. The van der Waals surface area contributed by atoms with Crippen molar-refractivity contribution in [3.63, 3.8) is 0 Å². The van der Waals surface area contributed by atoms with E-state index in [0.29, 0.717) is 0 Å². The zero-order valence-electron chi connectivity index (χ0n) is 9.03. The Balaban J connectivity index is 2.02. The van der Waals surface area contributed by atoms with Crippen molar-refractivity contribution in [3.05, 3.63) is 45.7 Å². The monoisotopic (exact) mass is 218 g/mol. The Morgan fingerprint density at radius 2 is 2.07 bits per heavy atom. The largest absolute Gasteiger partial charge is 0.245 e. The lowest BCUT2D eigenvalue weighted by molar-refractivity contribution is 0.895. The van der Waals surface area contributed by atoms with Crippen molar-refractivity contribution < 1.29 is 0 Å². The Morgan fingerprint density at radius 3 is 2.73 bits per heavy atom. The average Bonchev–Trinajstić information content (AvgIpc) is 2.63. The molecule has 2 aromatic rings. The molecule has 0 bridgehead atoms. The highest BCUT2D eigenvalue weighted by molar-refractivity contribution is 7.11. The molecule has 15 heavy (non-hydrogen) atoms. The molecular formula is C12H14N2S. The fourth-order valence-electron chi connectivity index (χ4n) is 1.55. The summed E-state index contributed by atoms with van der Waals surface area (Å²) in [6.07, 6.45) is 5.59. The molecule has 2 heterocycles. The van der Waals surface area contributed by atoms with Crippen LogP contribution >= 0.6 is 11.3 Å². The molecule has 3 heteroatoms. The van der Waals surface area contributed by atoms with Gasteiger partial charge in [-0.3, -0.25) is 0 Å². The molecule has 2 nitrogen and oxygen atoms in total. The van der Waals surface area contributed by atoms with Crippen molar-refractivity contribution >= 4 is 11.3 Å². The van der Waals surface area contributed by atoms with Crippen LogP contribution in [0.5, 0.6) is 0 Å². The van der Waals surface area contributed by atoms with E-state index >= 15 is 0 Å². The third-order valence-corrected chi connectivity index (χ3v) is 3.47. The topological polar surface area (TPSA) is 25.8 Å². The second-order valence-corrected chi connectivity index (χ2v) is 5.04. The Morgan fingerprint density at radius 1 is 1.20 bits per heavy atom. The van der Waals surface area contributed by atoms with Crippen LogP contribution in [0.4, 0.5) is 0 Å². The summed E-state index contributed by atoms with van der Waals surface area (Å²) >= 11 is 1.87. The smallest absolute Gasteiger partial charge is 0.115 e. The number of aromatic nitrogens is 2. The van der Waals surface area contributed by atoms with Crippen LogP contribution in [-0.2, 0) is 12.8 Å². The van der Waals surface area contributed by atoms with Crippen LogP contribution in [0.25, 0.3) is 0 Å². The van der Waals surface area contributed by atoms with Crippen LogP contribution in [-0.4, -0.2) is 9.97 Å². The lowest BCUT2D eigenvalue weighted by Crippen LogP contribution is -1.96. The van der Waals surface area contributed by atoms with Crippen molar-refractivity contribution in [1.29, 1.82) is 0 Å². The molecule has 0 aliphatic heterocycles. The van der Waals surface area contributed by atoms with E-state index in [1.54, 1.807) is 6.33 Å². The van der Waals surface area contributed by atoms with Gasteiger partial charge in [0.25, 0.3) is 0 Å². The molecule has 0 aliphatic rings. The minimum Gasteiger partial charge on any atom is -0.245 e. The molecule has 78 valence electrons. The van der Waals surface area contributed by atoms with Gasteiger partial charge in [-0.1, -0.05) is 0 Å². The van der Waals surface area contributed by atoms with E-state index in [1.165, 1.54) is 15.3 Å². The fraction of sp³-hybridized carbons (Fsp3) is 0.333. The molecule has 0 saturated carbocycles. The van der Waals surface area contributed by atoms with Crippen LogP contribution in [0.15, 0.2) is 24.7 Å². The predicted octanol–water partition coefficient (Wildman–Crippen LogP) is 2.94. The third-order valence-electron chi connectivity index (χ3n) is 2.41. The van der Waals surface area contributed by atoms with E-state index in [1.807, 2.05) is 17.5 Å². The first-order valence-corrected chi connectivity index (χ1v) is 5.88. The quantitative estimate of drug-likeness (QED) is 0.791. The molecule has 2 rings (SSSR count). The summed E-state index contributed by atoms with van der Waals surface area (Å²) in [7, 11) is 0. The van der Waals surface area contributed by atoms with Gasteiger partial charge in [-0.2, -0.15) is 0 Å². The van der Waals surface area contributed by atoms with Crippen molar-refractivity contribution in [2.24, 2.45) is 0 Å². The SMILES string of the molecule is Cc1ccc(CCc2ncncc2C)s1. The second kappa shape index (κ2) is 4.53. The van der Waals surface area contributed by atoms with Crippen molar-refractivity contribution in [3.8, 4) is 0 Å². The minimum atomic E-state index is 1.01. The molecule has 0 radical (unpaired) electrons. The number of hydrogen-bond donors (Lipinski definition) is 0. The van der Waals surface area contributed by atoms with Gasteiger partial charge in [0.1, 0.15) is 6.33 Å². The third kappa shape index (κ3) is 2.63. The van der Waals surface area contributed by atoms with E-state index in [4.69, 9.17) is 0 Å². The second-order valence-electron chi connectivity index (χ2n) is 3.66. The highest BCUT2D eigenvalue weighted by atomic mass is 32.1. The first-order chi connectivity index (χ1) is 7.25. The van der Waals surface area contributed by atoms with Crippen LogP contribution < -0.4 is 0 Å². The zero-order valence-corrected chi connectivity index (χ0v) is 9.84. The van der Waals surface area contributed by atoms with E-state index in [-0.39, 0.29) is 0 Å². The number of rotatable bonds is 3. The maximum atomic E-state index is 4.29. The van der Waals surface area contributed by atoms with E-state index in [9.17, 15) is 0 Å². The lowest BCUT2D eigenvalue weighted by atomic mass is 10.1. The van der Waals surface area contributed by atoms with Gasteiger partial charge < -0.3 is 0 Å². The summed E-state index contributed by atoms with van der Waals surface area (Å²) in [4.78, 5) is 11.1. The molecule has 0 spiro atoms. The van der Waals surface area contributed by atoms with Crippen molar-refractivity contribution in [2.45, 2.75) is 26.7 Å². The fourth-order valence-corrected chi connectivity index (χ4v) is 2.44. The molecule has 2 aromatic heterocycles. The number of thiophene rings is 1. The molecular weight excluding hydrogens is 204 g/mol. The van der Waals surface area contributed by atoms with Crippen LogP contribution in [0.2, 0.25) is 0 Å². The molecule has 0 aliphatic carbocycles. The molecule has 0 N–H and O–H groups in total. The van der Waals surface area contributed by atoms with Gasteiger partial charge in [0.2, 0.25) is 0 Å². The van der Waals surface area contributed by atoms with Crippen LogP contribution in [0.3, 0.4) is 0 Å².